The molecule has 4 aliphatic carbocycles. The molecular formula is C29H45NO4. The van der Waals surface area contributed by atoms with Crippen LogP contribution in [0.25, 0.3) is 0 Å². The first-order valence-corrected chi connectivity index (χ1v) is 13.6. The van der Waals surface area contributed by atoms with Crippen molar-refractivity contribution in [2.24, 2.45) is 46.3 Å². The molecule has 3 saturated carbocycles. The molecule has 34 heavy (non-hydrogen) atoms. The number of nitrogens with one attached hydrogen (secondary N) is 1. The first-order chi connectivity index (χ1) is 16.0. The number of fused-ring (bicyclic) bond motifs is 5. The average Bonchev–Trinajstić information content (AvgIpc) is 3.05. The van der Waals surface area contributed by atoms with E-state index in [0.29, 0.717) is 42.9 Å². The maximum atomic E-state index is 13.4. The third kappa shape index (κ3) is 4.42. The molecule has 5 nitrogen and oxygen atoms in total. The van der Waals surface area contributed by atoms with Crippen LogP contribution in [-0.2, 0) is 14.4 Å². The number of hydrogen-bond acceptors (Lipinski definition) is 4. The Bertz CT molecular complexity index is 864. The first kappa shape index (κ1) is 25.6. The number of aliphatic hydroxyl groups is 1. The molecule has 9 atom stereocenters. The number of rotatable bonds is 7. The van der Waals surface area contributed by atoms with Crippen LogP contribution in [0.2, 0.25) is 0 Å². The first-order valence-electron chi connectivity index (χ1n) is 13.6. The fraction of sp³-hybridized carbons (Fsp3) is 0.828. The van der Waals surface area contributed by atoms with Gasteiger partial charge in [0.2, 0.25) is 5.91 Å². The Morgan fingerprint density at radius 3 is 2.59 bits per heavy atom. The minimum absolute atomic E-state index is 0.0411. The predicted octanol–water partition coefficient (Wildman–Crippen LogP) is 4.86. The number of aliphatic hydroxyl groups excluding tert-OH is 1. The van der Waals surface area contributed by atoms with Gasteiger partial charge in [-0.25, -0.2) is 0 Å². The molecule has 0 bridgehead atoms. The number of ketones is 2. The Morgan fingerprint density at radius 2 is 1.88 bits per heavy atom. The van der Waals surface area contributed by atoms with Crippen LogP contribution in [-0.4, -0.2) is 35.2 Å². The summed E-state index contributed by atoms with van der Waals surface area (Å²) < 4.78 is 0. The van der Waals surface area contributed by atoms with E-state index >= 15 is 0 Å². The largest absolute Gasteiger partial charge is 0.393 e. The van der Waals surface area contributed by atoms with E-state index in [0.717, 1.165) is 44.9 Å². The van der Waals surface area contributed by atoms with E-state index in [1.807, 2.05) is 6.92 Å². The van der Waals surface area contributed by atoms with Crippen molar-refractivity contribution in [2.75, 3.05) is 6.54 Å². The van der Waals surface area contributed by atoms with Gasteiger partial charge in [0.15, 0.2) is 0 Å². The van der Waals surface area contributed by atoms with Gasteiger partial charge in [-0.1, -0.05) is 39.3 Å². The second-order valence-electron chi connectivity index (χ2n) is 12.7. The van der Waals surface area contributed by atoms with Gasteiger partial charge >= 0.3 is 0 Å². The van der Waals surface area contributed by atoms with Gasteiger partial charge in [0, 0.05) is 38.1 Å². The van der Waals surface area contributed by atoms with E-state index < -0.39 is 0 Å². The molecule has 4 rings (SSSR count). The summed E-state index contributed by atoms with van der Waals surface area (Å²) in [6, 6.07) is 0. The second kappa shape index (κ2) is 9.52. The lowest BCUT2D eigenvalue weighted by molar-refractivity contribution is -0.134. The minimum atomic E-state index is -0.234. The van der Waals surface area contributed by atoms with Gasteiger partial charge < -0.3 is 10.4 Å². The van der Waals surface area contributed by atoms with E-state index in [1.165, 1.54) is 12.5 Å². The maximum Gasteiger partial charge on any atom is 0.216 e. The second-order valence-corrected chi connectivity index (χ2v) is 12.7. The van der Waals surface area contributed by atoms with E-state index in [1.54, 1.807) is 0 Å². The molecule has 3 fully saturated rings. The maximum absolute atomic E-state index is 13.4. The predicted molar refractivity (Wildman–Crippen MR) is 133 cm³/mol. The summed E-state index contributed by atoms with van der Waals surface area (Å²) in [5, 5.41) is 13.1. The zero-order valence-electron chi connectivity index (χ0n) is 21.9. The lowest BCUT2D eigenvalue weighted by Gasteiger charge is -2.58. The molecule has 2 N–H and O–H groups in total. The highest BCUT2D eigenvalue weighted by Crippen LogP contribution is 2.66. The summed E-state index contributed by atoms with van der Waals surface area (Å²) in [6.07, 6.45) is 9.96. The van der Waals surface area contributed by atoms with Crippen LogP contribution < -0.4 is 5.32 Å². The van der Waals surface area contributed by atoms with Crippen molar-refractivity contribution >= 4 is 17.5 Å². The van der Waals surface area contributed by atoms with E-state index in [2.05, 4.69) is 32.2 Å². The van der Waals surface area contributed by atoms with E-state index in [-0.39, 0.29) is 46.4 Å². The summed E-state index contributed by atoms with van der Waals surface area (Å²) >= 11 is 0. The molecule has 0 spiro atoms. The monoisotopic (exact) mass is 471 g/mol. The Labute approximate surface area is 205 Å². The molecule has 5 heteroatoms. The number of Topliss-reactive ketones (excluding diaryl/α,β-unsaturated/α-hetero) is 2. The topological polar surface area (TPSA) is 83.5 Å². The van der Waals surface area contributed by atoms with Gasteiger partial charge in [-0.05, 0) is 79.4 Å². The van der Waals surface area contributed by atoms with Crippen LogP contribution in [0.5, 0.6) is 0 Å². The van der Waals surface area contributed by atoms with Crippen molar-refractivity contribution < 1.29 is 19.5 Å². The van der Waals surface area contributed by atoms with Crippen LogP contribution in [0.4, 0.5) is 0 Å². The highest BCUT2D eigenvalue weighted by atomic mass is 16.3. The summed E-state index contributed by atoms with van der Waals surface area (Å²) in [7, 11) is 0. The normalized spacial score (nSPS) is 40.9. The van der Waals surface area contributed by atoms with Crippen LogP contribution in [0, 0.1) is 46.3 Å². The van der Waals surface area contributed by atoms with Gasteiger partial charge in [-0.2, -0.15) is 0 Å². The van der Waals surface area contributed by atoms with Crippen molar-refractivity contribution in [1.82, 2.24) is 5.32 Å². The zero-order chi connectivity index (χ0) is 24.8. The molecule has 0 aliphatic heterocycles. The molecule has 190 valence electrons. The number of amides is 1. The molecule has 0 unspecified atom stereocenters. The molecule has 0 heterocycles. The molecule has 0 radical (unpaired) electrons. The van der Waals surface area contributed by atoms with Gasteiger partial charge in [-0.3, -0.25) is 14.4 Å². The third-order valence-corrected chi connectivity index (χ3v) is 10.6. The van der Waals surface area contributed by atoms with E-state index in [9.17, 15) is 19.5 Å². The highest BCUT2D eigenvalue weighted by Gasteiger charge is 2.62. The van der Waals surface area contributed by atoms with Crippen molar-refractivity contribution in [3.63, 3.8) is 0 Å². The standard InChI is InChI=1S/C29H45NO4/c1-17(16-30-19(3)31)6-9-25(33)18(2)27-26(34)15-24-22-8-7-20-14-21(32)10-12-28(20,4)23(22)11-13-29(24,27)5/h7,17-18,21-24,27,32H,6,8-16H2,1-5H3,(H,30,31)/t17-,18+,21-,22+,23-,24-,27-,28-,29-/m0/s1. The van der Waals surface area contributed by atoms with Crippen molar-refractivity contribution in [3.05, 3.63) is 11.6 Å². The smallest absolute Gasteiger partial charge is 0.216 e. The molecular weight excluding hydrogens is 426 g/mol. The Hall–Kier alpha value is -1.49. The van der Waals surface area contributed by atoms with Gasteiger partial charge in [0.1, 0.15) is 11.6 Å². The fourth-order valence-corrected chi connectivity index (χ4v) is 8.54. The minimum Gasteiger partial charge on any atom is -0.393 e. The number of allylic oxidation sites excluding steroid dienone is 1. The zero-order valence-corrected chi connectivity index (χ0v) is 21.9. The molecule has 0 aromatic rings. The van der Waals surface area contributed by atoms with Crippen LogP contribution in [0.1, 0.15) is 92.4 Å². The Kier molecular flexibility index (Phi) is 7.17. The lowest BCUT2D eigenvalue weighted by Crippen LogP contribution is -2.51. The quantitative estimate of drug-likeness (QED) is 0.519. The highest BCUT2D eigenvalue weighted by molar-refractivity contribution is 5.92. The SMILES string of the molecule is CC(=O)NC[C@@H](C)CCC(=O)[C@@H](C)[C@H]1C(=O)C[C@H]2[C@@H]3CC=C4C[C@@H](O)CC[C@]4(C)[C@H]3CC[C@]12C. The Morgan fingerprint density at radius 1 is 1.15 bits per heavy atom. The summed E-state index contributed by atoms with van der Waals surface area (Å²) in [6.45, 7) is 10.9. The van der Waals surface area contributed by atoms with Gasteiger partial charge in [0.05, 0.1) is 6.10 Å². The van der Waals surface area contributed by atoms with Crippen LogP contribution in [0.3, 0.4) is 0 Å². The number of hydrogen-bond donors (Lipinski definition) is 2. The fourth-order valence-electron chi connectivity index (χ4n) is 8.54. The number of carbonyl (C=O) groups is 3. The molecule has 1 amide bonds. The summed E-state index contributed by atoms with van der Waals surface area (Å²) in [4.78, 5) is 37.8. The number of carbonyl (C=O) groups excluding carboxylic acids is 3. The van der Waals surface area contributed by atoms with Crippen molar-refractivity contribution in [2.45, 2.75) is 98.5 Å². The van der Waals surface area contributed by atoms with Crippen molar-refractivity contribution in [3.8, 4) is 0 Å². The van der Waals surface area contributed by atoms with Crippen LogP contribution >= 0.6 is 0 Å². The molecule has 0 saturated heterocycles. The third-order valence-electron chi connectivity index (χ3n) is 10.6. The molecule has 0 aromatic heterocycles. The average molecular weight is 472 g/mol. The van der Waals surface area contributed by atoms with Gasteiger partial charge in [0.25, 0.3) is 0 Å². The van der Waals surface area contributed by atoms with Gasteiger partial charge in [-0.15, -0.1) is 0 Å². The molecule has 0 aromatic carbocycles. The van der Waals surface area contributed by atoms with E-state index in [4.69, 9.17) is 0 Å². The lowest BCUT2D eigenvalue weighted by atomic mass is 9.47. The molecule has 4 aliphatic rings. The summed E-state index contributed by atoms with van der Waals surface area (Å²) in [5.74, 6) is 1.78. The van der Waals surface area contributed by atoms with Crippen LogP contribution in [0.15, 0.2) is 11.6 Å². The van der Waals surface area contributed by atoms with Crippen molar-refractivity contribution in [1.29, 1.82) is 0 Å². The summed E-state index contributed by atoms with van der Waals surface area (Å²) in [5.41, 5.74) is 1.52. The Balaban J connectivity index is 1.46.